The fraction of sp³-hybridized carbons (Fsp3) is 0.857. The zero-order chi connectivity index (χ0) is 14.1. The molecule has 1 amide bonds. The van der Waals surface area contributed by atoms with Gasteiger partial charge in [0.25, 0.3) is 0 Å². The van der Waals surface area contributed by atoms with Gasteiger partial charge in [0, 0.05) is 19.5 Å². The second kappa shape index (κ2) is 4.90. The van der Waals surface area contributed by atoms with Gasteiger partial charge in [0.1, 0.15) is 0 Å². The molecule has 0 aromatic carbocycles. The Hall–Kier alpha value is -1.06. The first-order valence-electron chi connectivity index (χ1n) is 6.56. The molecule has 4 nitrogen and oxygen atoms in total. The molecule has 0 atom stereocenters. The van der Waals surface area contributed by atoms with Crippen molar-refractivity contribution in [3.05, 3.63) is 0 Å². The fourth-order valence-corrected chi connectivity index (χ4v) is 2.64. The molecule has 1 saturated carbocycles. The second-order valence-corrected chi connectivity index (χ2v) is 6.19. The van der Waals surface area contributed by atoms with Gasteiger partial charge in [-0.15, -0.1) is 0 Å². The van der Waals surface area contributed by atoms with Crippen LogP contribution in [0.3, 0.4) is 0 Å². The molecule has 0 radical (unpaired) electrons. The van der Waals surface area contributed by atoms with Crippen LogP contribution >= 0.6 is 0 Å². The van der Waals surface area contributed by atoms with Crippen LogP contribution in [0.25, 0.3) is 0 Å². The number of hydrogen-bond donors (Lipinski definition) is 0. The Bertz CT molecular complexity index is 333. The lowest BCUT2D eigenvalue weighted by molar-refractivity contribution is -0.144. The van der Waals surface area contributed by atoms with Gasteiger partial charge in [0.05, 0.1) is 13.0 Å². The van der Waals surface area contributed by atoms with Gasteiger partial charge >= 0.3 is 5.97 Å². The molecule has 4 heteroatoms. The van der Waals surface area contributed by atoms with Crippen LogP contribution in [0.15, 0.2) is 0 Å². The van der Waals surface area contributed by atoms with Crippen molar-refractivity contribution in [2.75, 3.05) is 20.2 Å². The normalized spacial score (nSPS) is 20.3. The largest absolute Gasteiger partial charge is 0.466 e. The lowest BCUT2D eigenvalue weighted by Crippen LogP contribution is -2.32. The molecule has 0 aliphatic heterocycles. The van der Waals surface area contributed by atoms with E-state index >= 15 is 0 Å². The van der Waals surface area contributed by atoms with E-state index in [0.717, 1.165) is 0 Å². The Balaban J connectivity index is 2.47. The van der Waals surface area contributed by atoms with E-state index in [0.29, 0.717) is 13.2 Å². The first-order valence-corrected chi connectivity index (χ1v) is 6.56. The summed E-state index contributed by atoms with van der Waals surface area (Å²) in [5.74, 6) is -0.0574. The molecule has 18 heavy (non-hydrogen) atoms. The molecule has 1 rings (SSSR count). The molecular weight excluding hydrogens is 230 g/mol. The predicted molar refractivity (Wildman–Crippen MR) is 69.9 cm³/mol. The van der Waals surface area contributed by atoms with Crippen LogP contribution in [0.1, 0.15) is 41.0 Å². The first kappa shape index (κ1) is 15.0. The second-order valence-electron chi connectivity index (χ2n) is 6.19. The Morgan fingerprint density at radius 1 is 1.17 bits per heavy atom. The van der Waals surface area contributed by atoms with Crippen molar-refractivity contribution in [2.45, 2.75) is 41.0 Å². The molecule has 1 aliphatic rings. The van der Waals surface area contributed by atoms with E-state index in [1.165, 1.54) is 0 Å². The van der Waals surface area contributed by atoms with Crippen LogP contribution in [0.2, 0.25) is 0 Å². The molecule has 1 fully saturated rings. The first-order chi connectivity index (χ1) is 8.16. The molecule has 0 bridgehead atoms. The number of ether oxygens (including phenoxy) is 1. The van der Waals surface area contributed by atoms with Gasteiger partial charge in [-0.25, -0.2) is 0 Å². The number of amides is 1. The Morgan fingerprint density at radius 2 is 1.67 bits per heavy atom. The molecule has 0 saturated heterocycles. The number of carbonyl (C=O) groups is 2. The van der Waals surface area contributed by atoms with Gasteiger partial charge in [-0.2, -0.15) is 0 Å². The highest BCUT2D eigenvalue weighted by Crippen LogP contribution is 2.68. The van der Waals surface area contributed by atoms with Gasteiger partial charge in [-0.1, -0.05) is 27.7 Å². The van der Waals surface area contributed by atoms with E-state index in [2.05, 4.69) is 27.7 Å². The van der Waals surface area contributed by atoms with Crippen molar-refractivity contribution in [3.8, 4) is 0 Å². The zero-order valence-corrected chi connectivity index (χ0v) is 12.4. The minimum atomic E-state index is -0.244. The predicted octanol–water partition coefficient (Wildman–Crippen LogP) is 2.08. The third kappa shape index (κ3) is 2.52. The summed E-state index contributed by atoms with van der Waals surface area (Å²) in [5.41, 5.74) is 0.0878. The van der Waals surface area contributed by atoms with Crippen molar-refractivity contribution in [2.24, 2.45) is 16.7 Å². The van der Waals surface area contributed by atoms with Crippen molar-refractivity contribution in [1.29, 1.82) is 0 Å². The molecular formula is C14H25NO3. The standard InChI is InChI=1S/C14H25NO3/c1-7-18-10(16)8-9-15(6)12(17)11-13(2,3)14(11,4)5/h11H,7-9H2,1-6H3. The topological polar surface area (TPSA) is 46.6 Å². The Labute approximate surface area is 110 Å². The summed E-state index contributed by atoms with van der Waals surface area (Å²) in [5, 5.41) is 0. The molecule has 104 valence electrons. The maximum absolute atomic E-state index is 12.3. The number of rotatable bonds is 5. The summed E-state index contributed by atoms with van der Waals surface area (Å²) in [4.78, 5) is 25.2. The van der Waals surface area contributed by atoms with E-state index < -0.39 is 0 Å². The van der Waals surface area contributed by atoms with Crippen molar-refractivity contribution in [1.82, 2.24) is 4.90 Å². The molecule has 0 heterocycles. The third-order valence-corrected chi connectivity index (χ3v) is 4.60. The van der Waals surface area contributed by atoms with Crippen LogP contribution < -0.4 is 0 Å². The molecule has 0 unspecified atom stereocenters. The van der Waals surface area contributed by atoms with Crippen LogP contribution in [0.4, 0.5) is 0 Å². The number of nitrogens with zero attached hydrogens (tertiary/aromatic N) is 1. The minimum Gasteiger partial charge on any atom is -0.466 e. The lowest BCUT2D eigenvalue weighted by Gasteiger charge is -2.17. The van der Waals surface area contributed by atoms with Crippen molar-refractivity contribution >= 4 is 11.9 Å². The zero-order valence-electron chi connectivity index (χ0n) is 12.4. The SMILES string of the molecule is CCOC(=O)CCN(C)C(=O)C1C(C)(C)C1(C)C. The van der Waals surface area contributed by atoms with Gasteiger partial charge in [-0.3, -0.25) is 9.59 Å². The number of esters is 1. The Kier molecular flexibility index (Phi) is 4.08. The molecule has 0 spiro atoms. The van der Waals surface area contributed by atoms with Crippen LogP contribution in [-0.2, 0) is 14.3 Å². The molecule has 0 aromatic rings. The summed E-state index contributed by atoms with van der Waals surface area (Å²) < 4.78 is 4.85. The smallest absolute Gasteiger partial charge is 0.307 e. The van der Waals surface area contributed by atoms with Crippen molar-refractivity contribution in [3.63, 3.8) is 0 Å². The summed E-state index contributed by atoms with van der Waals surface area (Å²) in [6.45, 7) is 11.1. The van der Waals surface area contributed by atoms with E-state index in [1.54, 1.807) is 18.9 Å². The van der Waals surface area contributed by atoms with Crippen LogP contribution in [0, 0.1) is 16.7 Å². The quantitative estimate of drug-likeness (QED) is 0.707. The van der Waals surface area contributed by atoms with Crippen molar-refractivity contribution < 1.29 is 14.3 Å². The molecule has 0 N–H and O–H groups in total. The van der Waals surface area contributed by atoms with Crippen LogP contribution in [0.5, 0.6) is 0 Å². The summed E-state index contributed by atoms with van der Waals surface area (Å²) in [6, 6.07) is 0. The maximum Gasteiger partial charge on any atom is 0.307 e. The van der Waals surface area contributed by atoms with Crippen LogP contribution in [-0.4, -0.2) is 37.0 Å². The summed E-state index contributed by atoms with van der Waals surface area (Å²) >= 11 is 0. The molecule has 1 aliphatic carbocycles. The van der Waals surface area contributed by atoms with E-state index in [4.69, 9.17) is 4.74 Å². The fourth-order valence-electron chi connectivity index (χ4n) is 2.64. The highest BCUT2D eigenvalue weighted by molar-refractivity contribution is 5.84. The summed E-state index contributed by atoms with van der Waals surface area (Å²) in [7, 11) is 1.76. The van der Waals surface area contributed by atoms with E-state index in [1.807, 2.05) is 0 Å². The van der Waals surface area contributed by atoms with E-state index in [-0.39, 0.29) is 35.0 Å². The van der Waals surface area contributed by atoms with Gasteiger partial charge < -0.3 is 9.64 Å². The number of carbonyl (C=O) groups excluding carboxylic acids is 2. The van der Waals surface area contributed by atoms with Gasteiger partial charge in [0.2, 0.25) is 5.91 Å². The summed E-state index contributed by atoms with van der Waals surface area (Å²) in [6.07, 6.45) is 0.268. The molecule has 0 aromatic heterocycles. The maximum atomic E-state index is 12.3. The Morgan fingerprint density at radius 3 is 2.06 bits per heavy atom. The monoisotopic (exact) mass is 255 g/mol. The highest BCUT2D eigenvalue weighted by atomic mass is 16.5. The van der Waals surface area contributed by atoms with Gasteiger partial charge in [0.15, 0.2) is 0 Å². The third-order valence-electron chi connectivity index (χ3n) is 4.60. The lowest BCUT2D eigenvalue weighted by atomic mass is 10.0. The average Bonchev–Trinajstić information content (AvgIpc) is 2.65. The number of hydrogen-bond acceptors (Lipinski definition) is 3. The average molecular weight is 255 g/mol. The highest BCUT2D eigenvalue weighted by Gasteiger charge is 2.68. The van der Waals surface area contributed by atoms with Gasteiger partial charge in [-0.05, 0) is 17.8 Å². The van der Waals surface area contributed by atoms with E-state index in [9.17, 15) is 9.59 Å². The minimum absolute atomic E-state index is 0.0439.